The number of amidine groups is 1. The minimum Gasteiger partial charge on any atom is -0.409 e. The Morgan fingerprint density at radius 2 is 2.21 bits per heavy atom. The maximum absolute atomic E-state index is 10.5. The number of nitrogens with zero attached hydrogens (tertiary/aromatic N) is 2. The van der Waals surface area contributed by atoms with Crippen molar-refractivity contribution in [1.82, 2.24) is 10.3 Å². The summed E-state index contributed by atoms with van der Waals surface area (Å²) in [6, 6.07) is 3.65. The fourth-order valence-corrected chi connectivity index (χ4v) is 1.63. The number of carbonyl (C=O) groups excluding carboxylic acids is 1. The Hall–Kier alpha value is -2.15. The van der Waals surface area contributed by atoms with E-state index in [9.17, 15) is 4.79 Å². The third-order valence-electron chi connectivity index (χ3n) is 2.58. The highest BCUT2D eigenvalue weighted by atomic mass is 16.4. The number of carbonyl (C=O) groups is 1. The molecule has 0 saturated carbocycles. The maximum Gasteiger partial charge on any atom is 0.217 e. The first-order valence-corrected chi connectivity index (χ1v) is 6.06. The molecule has 0 atom stereocenters. The first-order chi connectivity index (χ1) is 9.15. The normalized spacial score (nSPS) is 11.5. The lowest BCUT2D eigenvalue weighted by atomic mass is 10.1. The maximum atomic E-state index is 10.5. The Morgan fingerprint density at radius 3 is 2.89 bits per heavy atom. The van der Waals surface area contributed by atoms with Crippen molar-refractivity contribution in [2.45, 2.75) is 25.8 Å². The molecule has 0 saturated heterocycles. The third kappa shape index (κ3) is 5.35. The average Bonchev–Trinajstić information content (AvgIpc) is 2.42. The van der Waals surface area contributed by atoms with Crippen LogP contribution in [0.3, 0.4) is 0 Å². The van der Waals surface area contributed by atoms with Crippen LogP contribution in [0.4, 0.5) is 0 Å². The molecule has 1 heterocycles. The van der Waals surface area contributed by atoms with Crippen LogP contribution in [0.2, 0.25) is 0 Å². The number of nitrogens with two attached hydrogens (primary N) is 2. The van der Waals surface area contributed by atoms with Crippen molar-refractivity contribution in [3.8, 4) is 0 Å². The molecule has 0 bridgehead atoms. The molecule has 0 spiro atoms. The fraction of sp³-hybridized carbons (Fsp3) is 0.417. The second-order valence-electron chi connectivity index (χ2n) is 4.10. The van der Waals surface area contributed by atoms with Gasteiger partial charge in [-0.3, -0.25) is 9.78 Å². The number of nitrogens with one attached hydrogen (secondary N) is 1. The zero-order chi connectivity index (χ0) is 14.1. The van der Waals surface area contributed by atoms with E-state index < -0.39 is 0 Å². The van der Waals surface area contributed by atoms with E-state index in [-0.39, 0.29) is 11.7 Å². The van der Waals surface area contributed by atoms with Gasteiger partial charge in [0, 0.05) is 19.2 Å². The highest BCUT2D eigenvalue weighted by Crippen LogP contribution is 2.05. The fourth-order valence-electron chi connectivity index (χ4n) is 1.63. The molecule has 104 valence electrons. The monoisotopic (exact) mass is 265 g/mol. The predicted octanol–water partition coefficient (Wildman–Crippen LogP) is -0.0787. The van der Waals surface area contributed by atoms with Crippen LogP contribution in [0.25, 0.3) is 0 Å². The van der Waals surface area contributed by atoms with Crippen LogP contribution in [0.1, 0.15) is 30.5 Å². The Morgan fingerprint density at radius 1 is 1.42 bits per heavy atom. The molecule has 7 nitrogen and oxygen atoms in total. The molecule has 6 N–H and O–H groups in total. The van der Waals surface area contributed by atoms with Crippen LogP contribution >= 0.6 is 0 Å². The lowest BCUT2D eigenvalue weighted by molar-refractivity contribution is -0.118. The predicted molar refractivity (Wildman–Crippen MR) is 71.5 cm³/mol. The molecule has 0 aliphatic rings. The summed E-state index contributed by atoms with van der Waals surface area (Å²) >= 11 is 0. The van der Waals surface area contributed by atoms with Gasteiger partial charge in [-0.05, 0) is 31.0 Å². The molecule has 1 aromatic rings. The number of primary amides is 1. The molecule has 0 unspecified atom stereocenters. The molecule has 0 aliphatic heterocycles. The van der Waals surface area contributed by atoms with Gasteiger partial charge in [0.1, 0.15) is 5.69 Å². The minimum atomic E-state index is -0.276. The first kappa shape index (κ1) is 14.9. The summed E-state index contributed by atoms with van der Waals surface area (Å²) in [5.41, 5.74) is 11.9. The lowest BCUT2D eigenvalue weighted by Crippen LogP contribution is -2.22. The van der Waals surface area contributed by atoms with Gasteiger partial charge in [-0.2, -0.15) is 0 Å². The number of pyridine rings is 1. The van der Waals surface area contributed by atoms with E-state index in [2.05, 4.69) is 15.5 Å². The highest BCUT2D eigenvalue weighted by Gasteiger charge is 2.07. The summed E-state index contributed by atoms with van der Waals surface area (Å²) in [6.45, 7) is 1.33. The number of amides is 1. The van der Waals surface area contributed by atoms with Gasteiger partial charge in [-0.15, -0.1) is 0 Å². The van der Waals surface area contributed by atoms with Crippen LogP contribution in [-0.4, -0.2) is 28.5 Å². The number of hydrogen-bond donors (Lipinski definition) is 4. The Kier molecular flexibility index (Phi) is 6.31. The van der Waals surface area contributed by atoms with Crippen molar-refractivity contribution >= 4 is 11.7 Å². The van der Waals surface area contributed by atoms with E-state index in [1.165, 1.54) is 0 Å². The molecule has 7 heteroatoms. The zero-order valence-electron chi connectivity index (χ0n) is 10.7. The summed E-state index contributed by atoms with van der Waals surface area (Å²) in [5, 5.41) is 14.8. The van der Waals surface area contributed by atoms with E-state index in [0.29, 0.717) is 18.7 Å². The molecule has 19 heavy (non-hydrogen) atoms. The number of hydrogen-bond acceptors (Lipinski definition) is 5. The molecule has 0 fully saturated rings. The molecule has 1 amide bonds. The molecule has 0 aromatic carbocycles. The smallest absolute Gasteiger partial charge is 0.217 e. The van der Waals surface area contributed by atoms with Gasteiger partial charge in [0.25, 0.3) is 0 Å². The Labute approximate surface area is 111 Å². The molecule has 0 radical (unpaired) electrons. The standard InChI is InChI=1S/C12H19N5O2/c13-10(18)5-1-2-6-15-8-9-4-3-7-16-11(9)12(14)17-19/h3-4,7,15,19H,1-2,5-6,8H2,(H2,13,18)(H2,14,17). The van der Waals surface area contributed by atoms with Crippen molar-refractivity contribution in [3.63, 3.8) is 0 Å². The average molecular weight is 265 g/mol. The molecular formula is C12H19N5O2. The summed E-state index contributed by atoms with van der Waals surface area (Å²) in [7, 11) is 0. The van der Waals surface area contributed by atoms with Crippen LogP contribution < -0.4 is 16.8 Å². The number of unbranched alkanes of at least 4 members (excludes halogenated alkanes) is 1. The van der Waals surface area contributed by atoms with Gasteiger partial charge in [0.2, 0.25) is 5.91 Å². The van der Waals surface area contributed by atoms with Gasteiger partial charge in [-0.1, -0.05) is 11.2 Å². The van der Waals surface area contributed by atoms with Crippen molar-refractivity contribution in [3.05, 3.63) is 29.6 Å². The highest BCUT2D eigenvalue weighted by molar-refractivity contribution is 5.96. The zero-order valence-corrected chi connectivity index (χ0v) is 10.7. The van der Waals surface area contributed by atoms with E-state index in [1.807, 2.05) is 6.07 Å². The topological polar surface area (TPSA) is 127 Å². The van der Waals surface area contributed by atoms with E-state index in [4.69, 9.17) is 16.7 Å². The van der Waals surface area contributed by atoms with E-state index >= 15 is 0 Å². The first-order valence-electron chi connectivity index (χ1n) is 6.06. The number of rotatable bonds is 8. The Balaban J connectivity index is 2.39. The van der Waals surface area contributed by atoms with E-state index in [0.717, 1.165) is 24.9 Å². The summed E-state index contributed by atoms with van der Waals surface area (Å²) in [4.78, 5) is 14.6. The third-order valence-corrected chi connectivity index (χ3v) is 2.58. The van der Waals surface area contributed by atoms with Crippen molar-refractivity contribution in [1.29, 1.82) is 0 Å². The number of oxime groups is 1. The van der Waals surface area contributed by atoms with Gasteiger partial charge in [-0.25, -0.2) is 0 Å². The van der Waals surface area contributed by atoms with Gasteiger partial charge in [0.05, 0.1) is 0 Å². The van der Waals surface area contributed by atoms with Gasteiger partial charge in [0.15, 0.2) is 5.84 Å². The van der Waals surface area contributed by atoms with Crippen molar-refractivity contribution in [2.24, 2.45) is 16.6 Å². The SMILES string of the molecule is NC(=O)CCCCNCc1cccnc1/C(N)=N/O. The minimum absolute atomic E-state index is 0.00821. The molecule has 1 rings (SSSR count). The van der Waals surface area contributed by atoms with Crippen LogP contribution in [0, 0.1) is 0 Å². The summed E-state index contributed by atoms with van der Waals surface area (Å²) in [5.74, 6) is -0.285. The molecule has 0 aliphatic carbocycles. The molecule has 1 aromatic heterocycles. The van der Waals surface area contributed by atoms with Crippen molar-refractivity contribution in [2.75, 3.05) is 6.54 Å². The largest absolute Gasteiger partial charge is 0.409 e. The Bertz CT molecular complexity index is 448. The number of aromatic nitrogens is 1. The summed E-state index contributed by atoms with van der Waals surface area (Å²) in [6.07, 6.45) is 3.62. The second kappa shape index (κ2) is 8.04. The van der Waals surface area contributed by atoms with Gasteiger partial charge < -0.3 is 22.0 Å². The second-order valence-corrected chi connectivity index (χ2v) is 4.10. The summed E-state index contributed by atoms with van der Waals surface area (Å²) < 4.78 is 0. The quantitative estimate of drug-likeness (QED) is 0.172. The lowest BCUT2D eigenvalue weighted by Gasteiger charge is -2.08. The van der Waals surface area contributed by atoms with Crippen molar-refractivity contribution < 1.29 is 10.0 Å². The van der Waals surface area contributed by atoms with E-state index in [1.54, 1.807) is 12.3 Å². The van der Waals surface area contributed by atoms with Crippen LogP contribution in [0.5, 0.6) is 0 Å². The van der Waals surface area contributed by atoms with Crippen LogP contribution in [0.15, 0.2) is 23.5 Å². The molecular weight excluding hydrogens is 246 g/mol. The van der Waals surface area contributed by atoms with Crippen LogP contribution in [-0.2, 0) is 11.3 Å². The van der Waals surface area contributed by atoms with Gasteiger partial charge >= 0.3 is 0 Å².